The van der Waals surface area contributed by atoms with Gasteiger partial charge >= 0.3 is 12.1 Å². The van der Waals surface area contributed by atoms with Crippen LogP contribution in [0.2, 0.25) is 0 Å². The number of benzene rings is 2. The van der Waals surface area contributed by atoms with Gasteiger partial charge in [0.2, 0.25) is 0 Å². The summed E-state index contributed by atoms with van der Waals surface area (Å²) >= 11 is 0. The number of aliphatic carboxylic acids is 1. The van der Waals surface area contributed by atoms with Crippen LogP contribution in [-0.4, -0.2) is 11.1 Å². The number of alkyl halides is 3. The molecule has 114 valence electrons. The van der Waals surface area contributed by atoms with E-state index in [9.17, 15) is 23.1 Å². The zero-order valence-electron chi connectivity index (χ0n) is 11.3. The molecule has 3 N–H and O–H groups in total. The predicted octanol–water partition coefficient (Wildman–Crippen LogP) is 3.91. The second kappa shape index (κ2) is 5.93. The van der Waals surface area contributed by atoms with Crippen molar-refractivity contribution in [2.75, 3.05) is 5.73 Å². The highest BCUT2D eigenvalue weighted by atomic mass is 19.4. The molecule has 22 heavy (non-hydrogen) atoms. The third-order valence-electron chi connectivity index (χ3n) is 3.00. The highest BCUT2D eigenvalue weighted by molar-refractivity contribution is 6.20. The largest absolute Gasteiger partial charge is 0.478 e. The first-order chi connectivity index (χ1) is 10.3. The van der Waals surface area contributed by atoms with Crippen molar-refractivity contribution >= 4 is 23.3 Å². The van der Waals surface area contributed by atoms with Gasteiger partial charge in [-0.2, -0.15) is 13.2 Å². The van der Waals surface area contributed by atoms with Crippen molar-refractivity contribution in [1.82, 2.24) is 0 Å². The molecule has 2 rings (SSSR count). The van der Waals surface area contributed by atoms with E-state index in [4.69, 9.17) is 5.73 Å². The number of rotatable bonds is 3. The first-order valence-electron chi connectivity index (χ1n) is 6.25. The molecular weight excluding hydrogens is 295 g/mol. The van der Waals surface area contributed by atoms with Crippen LogP contribution in [0.15, 0.2) is 48.5 Å². The second-order valence-corrected chi connectivity index (χ2v) is 4.60. The molecule has 0 fully saturated rings. The van der Waals surface area contributed by atoms with Crippen molar-refractivity contribution in [2.45, 2.75) is 6.18 Å². The number of hydrogen-bond donors (Lipinski definition) is 2. The minimum atomic E-state index is -4.42. The van der Waals surface area contributed by atoms with Gasteiger partial charge in [0.05, 0.1) is 11.1 Å². The molecular formula is C16H12F3NO2. The van der Waals surface area contributed by atoms with Gasteiger partial charge < -0.3 is 10.8 Å². The van der Waals surface area contributed by atoms with Crippen LogP contribution in [0.4, 0.5) is 18.9 Å². The van der Waals surface area contributed by atoms with Gasteiger partial charge in [-0.05, 0) is 41.5 Å². The lowest BCUT2D eigenvalue weighted by Crippen LogP contribution is -2.04. The van der Waals surface area contributed by atoms with Gasteiger partial charge in [0.15, 0.2) is 0 Å². The highest BCUT2D eigenvalue weighted by Crippen LogP contribution is 2.29. The van der Waals surface area contributed by atoms with E-state index in [-0.39, 0.29) is 5.57 Å². The van der Waals surface area contributed by atoms with Crippen LogP contribution in [0.1, 0.15) is 16.7 Å². The molecule has 0 saturated heterocycles. The monoisotopic (exact) mass is 307 g/mol. The zero-order chi connectivity index (χ0) is 16.3. The fourth-order valence-electron chi connectivity index (χ4n) is 1.87. The number of nitrogens with two attached hydrogens (primary N) is 1. The number of hydrogen-bond acceptors (Lipinski definition) is 2. The van der Waals surface area contributed by atoms with Crippen LogP contribution in [-0.2, 0) is 11.0 Å². The van der Waals surface area contributed by atoms with Crippen molar-refractivity contribution in [2.24, 2.45) is 0 Å². The minimum absolute atomic E-state index is 0.0280. The van der Waals surface area contributed by atoms with E-state index < -0.39 is 17.7 Å². The van der Waals surface area contributed by atoms with Crippen LogP contribution in [0.25, 0.3) is 11.6 Å². The van der Waals surface area contributed by atoms with Crippen molar-refractivity contribution in [1.29, 1.82) is 0 Å². The Bertz CT molecular complexity index is 702. The summed E-state index contributed by atoms with van der Waals surface area (Å²) in [4.78, 5) is 11.3. The third-order valence-corrected chi connectivity index (χ3v) is 3.00. The molecule has 0 bridgehead atoms. The maximum atomic E-state index is 12.5. The van der Waals surface area contributed by atoms with Crippen LogP contribution >= 0.6 is 0 Å². The van der Waals surface area contributed by atoms with E-state index in [1.807, 2.05) is 0 Å². The van der Waals surface area contributed by atoms with Crippen LogP contribution in [0, 0.1) is 0 Å². The molecule has 0 heterocycles. The molecule has 0 radical (unpaired) electrons. The molecule has 0 aliphatic heterocycles. The fraction of sp³-hybridized carbons (Fsp3) is 0.0625. The molecule has 0 atom stereocenters. The Hall–Kier alpha value is -2.76. The van der Waals surface area contributed by atoms with E-state index in [0.29, 0.717) is 16.8 Å². The summed E-state index contributed by atoms with van der Waals surface area (Å²) in [5.74, 6) is -1.18. The Morgan fingerprint density at radius 3 is 2.00 bits per heavy atom. The molecule has 0 saturated carbocycles. The Morgan fingerprint density at radius 2 is 1.55 bits per heavy atom. The van der Waals surface area contributed by atoms with E-state index >= 15 is 0 Å². The van der Waals surface area contributed by atoms with Crippen molar-refractivity contribution in [3.8, 4) is 0 Å². The normalized spacial score (nSPS) is 12.2. The Labute approximate surface area is 124 Å². The standard InChI is InChI=1S/C16H12F3NO2/c17-16(18,19)12-5-1-10(2-6-12)9-14(15(21)22)11-3-7-13(20)8-4-11/h1-9H,20H2,(H,21,22)/b14-9-. The number of nitrogen functional groups attached to an aromatic ring is 1. The molecule has 0 spiro atoms. The number of carbonyl (C=O) groups is 1. The number of carboxylic acid groups (broad SMARTS) is 1. The van der Waals surface area contributed by atoms with Crippen molar-refractivity contribution < 1.29 is 23.1 Å². The van der Waals surface area contributed by atoms with Crippen molar-refractivity contribution in [3.05, 3.63) is 65.2 Å². The molecule has 0 unspecified atom stereocenters. The molecule has 2 aromatic rings. The lowest BCUT2D eigenvalue weighted by atomic mass is 10.0. The topological polar surface area (TPSA) is 63.3 Å². The van der Waals surface area contributed by atoms with Gasteiger partial charge in [-0.1, -0.05) is 24.3 Å². The van der Waals surface area contributed by atoms with E-state index in [1.54, 1.807) is 24.3 Å². The zero-order valence-corrected chi connectivity index (χ0v) is 11.3. The summed E-state index contributed by atoms with van der Waals surface area (Å²) in [6.07, 6.45) is -3.11. The Morgan fingerprint density at radius 1 is 1.00 bits per heavy atom. The van der Waals surface area contributed by atoms with Crippen LogP contribution in [0.5, 0.6) is 0 Å². The molecule has 6 heteroatoms. The van der Waals surface area contributed by atoms with Crippen LogP contribution < -0.4 is 5.73 Å². The molecule has 3 nitrogen and oxygen atoms in total. The average Bonchev–Trinajstić information content (AvgIpc) is 2.45. The van der Waals surface area contributed by atoms with E-state index in [1.165, 1.54) is 18.2 Å². The quantitative estimate of drug-likeness (QED) is 0.513. The second-order valence-electron chi connectivity index (χ2n) is 4.60. The smallest absolute Gasteiger partial charge is 0.416 e. The minimum Gasteiger partial charge on any atom is -0.478 e. The predicted molar refractivity (Wildman–Crippen MR) is 77.8 cm³/mol. The van der Waals surface area contributed by atoms with Gasteiger partial charge in [0.1, 0.15) is 0 Å². The number of halogens is 3. The summed E-state index contributed by atoms with van der Waals surface area (Å²) in [6, 6.07) is 10.5. The summed E-state index contributed by atoms with van der Waals surface area (Å²) in [5, 5.41) is 9.26. The molecule has 0 amide bonds. The third kappa shape index (κ3) is 3.66. The maximum Gasteiger partial charge on any atom is 0.416 e. The first kappa shape index (κ1) is 15.6. The van der Waals surface area contributed by atoms with Gasteiger partial charge in [-0.15, -0.1) is 0 Å². The Balaban J connectivity index is 2.38. The highest BCUT2D eigenvalue weighted by Gasteiger charge is 2.29. The molecule has 0 aliphatic rings. The molecule has 0 aliphatic carbocycles. The average molecular weight is 307 g/mol. The number of carboxylic acids is 1. The fourth-order valence-corrected chi connectivity index (χ4v) is 1.87. The van der Waals surface area contributed by atoms with Crippen LogP contribution in [0.3, 0.4) is 0 Å². The summed E-state index contributed by atoms with van der Waals surface area (Å²) in [7, 11) is 0. The van der Waals surface area contributed by atoms with E-state index in [0.717, 1.165) is 12.1 Å². The molecule has 0 aromatic heterocycles. The van der Waals surface area contributed by atoms with Gasteiger partial charge in [0, 0.05) is 5.69 Å². The van der Waals surface area contributed by atoms with Gasteiger partial charge in [-0.3, -0.25) is 0 Å². The van der Waals surface area contributed by atoms with E-state index in [2.05, 4.69) is 0 Å². The summed E-state index contributed by atoms with van der Waals surface area (Å²) in [6.45, 7) is 0. The maximum absolute atomic E-state index is 12.5. The lowest BCUT2D eigenvalue weighted by molar-refractivity contribution is -0.137. The SMILES string of the molecule is Nc1ccc(/C(=C/c2ccc(C(F)(F)F)cc2)C(=O)O)cc1. The lowest BCUT2D eigenvalue weighted by Gasteiger charge is -2.07. The first-order valence-corrected chi connectivity index (χ1v) is 6.25. The van der Waals surface area contributed by atoms with Gasteiger partial charge in [0.25, 0.3) is 0 Å². The molecule has 2 aromatic carbocycles. The summed E-state index contributed by atoms with van der Waals surface area (Å²) < 4.78 is 37.5. The Kier molecular flexibility index (Phi) is 4.21. The summed E-state index contributed by atoms with van der Waals surface area (Å²) in [5.41, 5.74) is 6.00. The number of anilines is 1. The van der Waals surface area contributed by atoms with Crippen molar-refractivity contribution in [3.63, 3.8) is 0 Å². The van der Waals surface area contributed by atoms with Gasteiger partial charge in [-0.25, -0.2) is 4.79 Å².